The number of ether oxygens (including phenoxy) is 2. The van der Waals surface area contributed by atoms with E-state index in [4.69, 9.17) is 5.11 Å². The van der Waals surface area contributed by atoms with Crippen LogP contribution in [0.2, 0.25) is 0 Å². The smallest absolute Gasteiger partial charge is 0.481 e. The summed E-state index contributed by atoms with van der Waals surface area (Å²) in [5.41, 5.74) is 0. The van der Waals surface area contributed by atoms with Crippen LogP contribution in [0.5, 0.6) is 0 Å². The largest absolute Gasteiger partial charge is 0.511 e. The fraction of sp³-hybridized carbons (Fsp3) is 0.800. The summed E-state index contributed by atoms with van der Waals surface area (Å²) >= 11 is 0. The first-order chi connectivity index (χ1) is 9.13. The van der Waals surface area contributed by atoms with Crippen LogP contribution in [-0.4, -0.2) is 48.7 Å². The number of rotatable bonds is 6. The van der Waals surface area contributed by atoms with Crippen molar-refractivity contribution in [3.05, 3.63) is 0 Å². The van der Waals surface area contributed by atoms with Crippen molar-refractivity contribution in [2.24, 2.45) is 16.4 Å². The van der Waals surface area contributed by atoms with Crippen LogP contribution in [0.15, 0.2) is 10.5 Å². The minimum absolute atomic E-state index is 0.213. The number of carbonyl (C=O) groups is 2. The van der Waals surface area contributed by atoms with Gasteiger partial charge in [-0.2, -0.15) is 0 Å². The number of nitrogens with zero attached hydrogens (tertiary/aromatic N) is 3. The Morgan fingerprint density at radius 3 is 2.89 bits per heavy atom. The zero-order valence-electron chi connectivity index (χ0n) is 10.7. The molecule has 9 heteroatoms. The van der Waals surface area contributed by atoms with Gasteiger partial charge < -0.3 is 19.4 Å². The molecule has 1 saturated heterocycles. The van der Waals surface area contributed by atoms with Crippen LogP contribution >= 0.6 is 0 Å². The summed E-state index contributed by atoms with van der Waals surface area (Å²) in [7, 11) is 0. The van der Waals surface area contributed by atoms with Crippen LogP contribution in [0, 0.1) is 5.92 Å². The summed E-state index contributed by atoms with van der Waals surface area (Å²) in [6, 6.07) is 0. The maximum Gasteiger partial charge on any atom is 0.511 e. The summed E-state index contributed by atoms with van der Waals surface area (Å²) in [5.74, 6) is -1.28. The summed E-state index contributed by atoms with van der Waals surface area (Å²) in [5, 5.41) is 17.4. The van der Waals surface area contributed by atoms with Gasteiger partial charge in [0.1, 0.15) is 0 Å². The quantitative estimate of drug-likeness (QED) is 0.255. The Balaban J connectivity index is 2.18. The topological polar surface area (TPSA) is 110 Å². The highest BCUT2D eigenvalue weighted by Crippen LogP contribution is 2.16. The van der Waals surface area contributed by atoms with Gasteiger partial charge in [0.15, 0.2) is 0 Å². The lowest BCUT2D eigenvalue weighted by molar-refractivity contribution is -0.143. The number of hydrogen-bond acceptors (Lipinski definition) is 7. The van der Waals surface area contributed by atoms with E-state index in [2.05, 4.69) is 24.8 Å². The highest BCUT2D eigenvalue weighted by molar-refractivity contribution is 5.70. The van der Waals surface area contributed by atoms with E-state index in [-0.39, 0.29) is 6.61 Å². The molecule has 0 amide bonds. The zero-order valence-corrected chi connectivity index (χ0v) is 10.7. The SMILES string of the molecule is CCOC(=O)OCO/N=N\N1CCCC(C(=O)O)C1. The molecule has 1 N–H and O–H groups in total. The maximum absolute atomic E-state index is 10.8. The minimum Gasteiger partial charge on any atom is -0.481 e. The summed E-state index contributed by atoms with van der Waals surface area (Å²) < 4.78 is 8.97. The standard InChI is InChI=1S/C10H17N3O6/c1-2-17-10(16)18-7-19-12-11-13-5-3-4-8(6-13)9(14)15/h8H,2-7H2,1H3,(H,14,15)/b12-11-. The van der Waals surface area contributed by atoms with Crippen LogP contribution in [0.3, 0.4) is 0 Å². The van der Waals surface area contributed by atoms with E-state index in [9.17, 15) is 9.59 Å². The molecule has 1 unspecified atom stereocenters. The van der Waals surface area contributed by atoms with Gasteiger partial charge in [-0.15, -0.1) is 0 Å². The third-order valence-electron chi connectivity index (χ3n) is 2.46. The molecule has 19 heavy (non-hydrogen) atoms. The van der Waals surface area contributed by atoms with Gasteiger partial charge in [-0.3, -0.25) is 9.80 Å². The molecule has 0 aliphatic carbocycles. The average molecular weight is 275 g/mol. The van der Waals surface area contributed by atoms with Crippen molar-refractivity contribution in [2.75, 3.05) is 26.5 Å². The first-order valence-corrected chi connectivity index (χ1v) is 5.93. The first kappa shape index (κ1) is 15.0. The fourth-order valence-corrected chi connectivity index (χ4v) is 1.57. The monoisotopic (exact) mass is 275 g/mol. The Hall–Kier alpha value is -2.06. The lowest BCUT2D eigenvalue weighted by Crippen LogP contribution is -2.35. The van der Waals surface area contributed by atoms with Crippen LogP contribution in [0.25, 0.3) is 0 Å². The minimum atomic E-state index is -0.846. The van der Waals surface area contributed by atoms with Crippen LogP contribution in [-0.2, 0) is 19.1 Å². The van der Waals surface area contributed by atoms with Gasteiger partial charge in [-0.05, 0) is 25.0 Å². The second-order valence-corrected chi connectivity index (χ2v) is 3.84. The van der Waals surface area contributed by atoms with E-state index in [0.717, 1.165) is 6.42 Å². The second kappa shape index (κ2) is 8.11. The molecule has 0 aromatic rings. The van der Waals surface area contributed by atoms with Crippen molar-refractivity contribution in [1.82, 2.24) is 5.01 Å². The maximum atomic E-state index is 10.8. The molecule has 0 aromatic heterocycles. The van der Waals surface area contributed by atoms with E-state index in [1.54, 1.807) is 6.92 Å². The van der Waals surface area contributed by atoms with Crippen LogP contribution in [0.4, 0.5) is 4.79 Å². The molecule has 1 aliphatic rings. The third kappa shape index (κ3) is 5.89. The molecule has 0 spiro atoms. The normalized spacial score (nSPS) is 19.2. The first-order valence-electron chi connectivity index (χ1n) is 5.93. The molecule has 1 heterocycles. The number of hydrogen-bond donors (Lipinski definition) is 1. The summed E-state index contributed by atoms with van der Waals surface area (Å²) in [4.78, 5) is 26.2. The van der Waals surface area contributed by atoms with Gasteiger partial charge in [0.05, 0.1) is 19.1 Å². The van der Waals surface area contributed by atoms with E-state index in [1.165, 1.54) is 5.01 Å². The summed E-state index contributed by atoms with van der Waals surface area (Å²) in [6.45, 7) is 2.37. The molecule has 9 nitrogen and oxygen atoms in total. The van der Waals surface area contributed by atoms with Gasteiger partial charge in [0.25, 0.3) is 6.79 Å². The lowest BCUT2D eigenvalue weighted by Gasteiger charge is -2.26. The number of carbonyl (C=O) groups excluding carboxylic acids is 1. The molecular weight excluding hydrogens is 258 g/mol. The van der Waals surface area contributed by atoms with Gasteiger partial charge >= 0.3 is 12.1 Å². The van der Waals surface area contributed by atoms with E-state index >= 15 is 0 Å². The Morgan fingerprint density at radius 2 is 2.21 bits per heavy atom. The second-order valence-electron chi connectivity index (χ2n) is 3.84. The van der Waals surface area contributed by atoms with E-state index in [0.29, 0.717) is 19.5 Å². The highest BCUT2D eigenvalue weighted by atomic mass is 16.8. The Labute approximate surface area is 110 Å². The average Bonchev–Trinajstić information content (AvgIpc) is 2.39. The molecule has 0 aromatic carbocycles. The molecule has 1 atom stereocenters. The highest BCUT2D eigenvalue weighted by Gasteiger charge is 2.24. The van der Waals surface area contributed by atoms with Crippen molar-refractivity contribution in [3.63, 3.8) is 0 Å². The van der Waals surface area contributed by atoms with Gasteiger partial charge in [0, 0.05) is 11.8 Å². The van der Waals surface area contributed by atoms with Gasteiger partial charge in [0.2, 0.25) is 0 Å². The third-order valence-corrected chi connectivity index (χ3v) is 2.46. The van der Waals surface area contributed by atoms with Crippen molar-refractivity contribution < 1.29 is 29.0 Å². The molecule has 1 fully saturated rings. The van der Waals surface area contributed by atoms with E-state index in [1.807, 2.05) is 0 Å². The van der Waals surface area contributed by atoms with Gasteiger partial charge in [-0.1, -0.05) is 0 Å². The molecule has 1 rings (SSSR count). The molecular formula is C10H17N3O6. The Morgan fingerprint density at radius 1 is 1.42 bits per heavy atom. The number of aliphatic carboxylic acids is 1. The molecule has 0 radical (unpaired) electrons. The molecule has 0 saturated carbocycles. The fourth-order valence-electron chi connectivity index (χ4n) is 1.57. The van der Waals surface area contributed by atoms with Crippen molar-refractivity contribution >= 4 is 12.1 Å². The Kier molecular flexibility index (Phi) is 6.41. The molecule has 108 valence electrons. The number of carboxylic acids is 1. The predicted octanol–water partition coefficient (Wildman–Crippen LogP) is 1.21. The van der Waals surface area contributed by atoms with Crippen molar-refractivity contribution in [1.29, 1.82) is 0 Å². The number of carboxylic acid groups (broad SMARTS) is 1. The van der Waals surface area contributed by atoms with Gasteiger partial charge in [-0.25, -0.2) is 4.79 Å². The molecule has 0 bridgehead atoms. The van der Waals surface area contributed by atoms with E-state index < -0.39 is 24.8 Å². The lowest BCUT2D eigenvalue weighted by atomic mass is 10.00. The van der Waals surface area contributed by atoms with Crippen molar-refractivity contribution in [3.8, 4) is 0 Å². The van der Waals surface area contributed by atoms with Crippen LogP contribution < -0.4 is 0 Å². The van der Waals surface area contributed by atoms with Crippen LogP contribution in [0.1, 0.15) is 19.8 Å². The summed E-state index contributed by atoms with van der Waals surface area (Å²) in [6.07, 6.45) is 0.519. The Bertz CT molecular complexity index is 335. The predicted molar refractivity (Wildman–Crippen MR) is 60.8 cm³/mol. The molecule has 1 aliphatic heterocycles. The number of piperidine rings is 1. The van der Waals surface area contributed by atoms with Crippen molar-refractivity contribution in [2.45, 2.75) is 19.8 Å². The zero-order chi connectivity index (χ0) is 14.1.